The highest BCUT2D eigenvalue weighted by Crippen LogP contribution is 2.35. The summed E-state index contributed by atoms with van der Waals surface area (Å²) in [5, 5.41) is 3.61. The van der Waals surface area contributed by atoms with Gasteiger partial charge in [0, 0.05) is 33.7 Å². The van der Waals surface area contributed by atoms with E-state index < -0.39 is 28.5 Å². The lowest BCUT2D eigenvalue weighted by Crippen LogP contribution is -2.52. The molecule has 0 aromatic heterocycles. The maximum Gasteiger partial charge on any atom is 0.264 e. The number of ether oxygens (including phenoxy) is 1. The Morgan fingerprint density at radius 3 is 2.17 bits per heavy atom. The van der Waals surface area contributed by atoms with Gasteiger partial charge in [0.25, 0.3) is 10.0 Å². The zero-order valence-electron chi connectivity index (χ0n) is 23.2. The second kappa shape index (κ2) is 14.3. The number of carbonyl (C=O) groups excluding carboxylic acids is 2. The van der Waals surface area contributed by atoms with Gasteiger partial charge in [-0.05, 0) is 62.7 Å². The zero-order chi connectivity index (χ0) is 30.3. The van der Waals surface area contributed by atoms with Crippen molar-refractivity contribution in [3.8, 4) is 5.75 Å². The molecule has 0 spiro atoms. The lowest BCUT2D eigenvalue weighted by atomic mass is 10.1. The van der Waals surface area contributed by atoms with E-state index in [1.165, 1.54) is 36.3 Å². The van der Waals surface area contributed by atoms with Crippen molar-refractivity contribution >= 4 is 62.3 Å². The van der Waals surface area contributed by atoms with E-state index in [0.717, 1.165) is 9.87 Å². The van der Waals surface area contributed by atoms with Crippen LogP contribution in [0.25, 0.3) is 0 Å². The number of likely N-dealkylation sites (N-methyl/N-ethyl adjacent to an activating group) is 1. The minimum atomic E-state index is -4.31. The first-order valence-electron chi connectivity index (χ1n) is 12.9. The van der Waals surface area contributed by atoms with E-state index in [0.29, 0.717) is 22.2 Å². The molecule has 3 aromatic rings. The number of hydrogen-bond acceptors (Lipinski definition) is 5. The first-order chi connectivity index (χ1) is 19.4. The van der Waals surface area contributed by atoms with Gasteiger partial charge in [-0.3, -0.25) is 13.9 Å². The molecule has 0 fully saturated rings. The summed E-state index contributed by atoms with van der Waals surface area (Å²) in [5.41, 5.74) is 1.36. The molecular formula is C29H32Cl3N3O5S. The molecule has 0 aliphatic heterocycles. The molecule has 0 bridgehead atoms. The summed E-state index contributed by atoms with van der Waals surface area (Å²) in [6, 6.07) is 14.7. The second-order valence-electron chi connectivity index (χ2n) is 9.18. The predicted octanol–water partition coefficient (Wildman–Crippen LogP) is 6.10. The second-order valence-corrected chi connectivity index (χ2v) is 12.3. The quantitative estimate of drug-likeness (QED) is 0.258. The number of benzene rings is 3. The van der Waals surface area contributed by atoms with E-state index in [1.807, 2.05) is 6.92 Å². The van der Waals surface area contributed by atoms with Crippen LogP contribution >= 0.6 is 34.8 Å². The van der Waals surface area contributed by atoms with Crippen molar-refractivity contribution in [2.24, 2.45) is 0 Å². The van der Waals surface area contributed by atoms with Crippen LogP contribution in [0.5, 0.6) is 5.75 Å². The lowest BCUT2D eigenvalue weighted by molar-refractivity contribution is -0.140. The van der Waals surface area contributed by atoms with Crippen molar-refractivity contribution in [3.05, 3.63) is 86.9 Å². The Bertz CT molecular complexity index is 1480. The number of rotatable bonds is 12. The number of amides is 2. The van der Waals surface area contributed by atoms with Gasteiger partial charge in [0.05, 0.1) is 17.7 Å². The SMILES string of the molecule is CCNC(=O)[C@@H](CC)N(Cc1c(Cl)cccc1Cl)C(=O)CN(c1cc(Cl)ccc1OC)S(=O)(=O)c1ccc(C)cc1. The number of anilines is 1. The first-order valence-corrected chi connectivity index (χ1v) is 15.4. The van der Waals surface area contributed by atoms with Gasteiger partial charge in [-0.15, -0.1) is 0 Å². The fraction of sp³-hybridized carbons (Fsp3) is 0.310. The highest BCUT2D eigenvalue weighted by atomic mass is 35.5. The van der Waals surface area contributed by atoms with Gasteiger partial charge in [0.2, 0.25) is 11.8 Å². The summed E-state index contributed by atoms with van der Waals surface area (Å²) in [6.07, 6.45) is 0.255. The summed E-state index contributed by atoms with van der Waals surface area (Å²) < 4.78 is 34.5. The third kappa shape index (κ3) is 7.65. The van der Waals surface area contributed by atoms with Crippen molar-refractivity contribution in [2.45, 2.75) is 44.7 Å². The van der Waals surface area contributed by atoms with Crippen molar-refractivity contribution in [2.75, 3.05) is 24.5 Å². The molecule has 1 atom stereocenters. The van der Waals surface area contributed by atoms with Gasteiger partial charge < -0.3 is 15.0 Å². The number of carbonyl (C=O) groups is 2. The molecule has 8 nitrogen and oxygen atoms in total. The Balaban J connectivity index is 2.17. The maximum absolute atomic E-state index is 14.2. The molecule has 0 saturated heterocycles. The minimum absolute atomic E-state index is 0.0330. The van der Waals surface area contributed by atoms with Crippen LogP contribution in [0.3, 0.4) is 0 Å². The molecule has 0 unspecified atom stereocenters. The smallest absolute Gasteiger partial charge is 0.264 e. The summed E-state index contributed by atoms with van der Waals surface area (Å²) in [5.74, 6) is -0.856. The summed E-state index contributed by atoms with van der Waals surface area (Å²) in [6.45, 7) is 4.92. The fourth-order valence-corrected chi connectivity index (χ4v) is 6.37. The van der Waals surface area contributed by atoms with E-state index >= 15 is 0 Å². The molecule has 0 radical (unpaired) electrons. The van der Waals surface area contributed by atoms with E-state index in [4.69, 9.17) is 39.5 Å². The average Bonchev–Trinajstić information content (AvgIpc) is 2.93. The van der Waals surface area contributed by atoms with Gasteiger partial charge in [0.1, 0.15) is 18.3 Å². The minimum Gasteiger partial charge on any atom is -0.495 e. The molecule has 1 N–H and O–H groups in total. The molecule has 0 heterocycles. The first kappa shape index (κ1) is 32.5. The topological polar surface area (TPSA) is 96.0 Å². The highest BCUT2D eigenvalue weighted by Gasteiger charge is 2.35. The summed E-state index contributed by atoms with van der Waals surface area (Å²) in [4.78, 5) is 28.5. The molecule has 3 aromatic carbocycles. The molecule has 0 saturated carbocycles. The van der Waals surface area contributed by atoms with Crippen molar-refractivity contribution in [1.29, 1.82) is 0 Å². The predicted molar refractivity (Wildman–Crippen MR) is 163 cm³/mol. The highest BCUT2D eigenvalue weighted by molar-refractivity contribution is 7.92. The largest absolute Gasteiger partial charge is 0.495 e. The third-order valence-electron chi connectivity index (χ3n) is 6.42. The van der Waals surface area contributed by atoms with Crippen LogP contribution in [-0.4, -0.2) is 51.4 Å². The molecule has 41 heavy (non-hydrogen) atoms. The van der Waals surface area contributed by atoms with Crippen LogP contribution in [0.15, 0.2) is 65.6 Å². The van der Waals surface area contributed by atoms with E-state index in [9.17, 15) is 18.0 Å². The summed E-state index contributed by atoms with van der Waals surface area (Å²) >= 11 is 19.1. The Morgan fingerprint density at radius 1 is 0.976 bits per heavy atom. The number of aryl methyl sites for hydroxylation is 1. The van der Waals surface area contributed by atoms with E-state index in [-0.39, 0.29) is 40.2 Å². The van der Waals surface area contributed by atoms with E-state index in [2.05, 4.69) is 5.32 Å². The number of nitrogens with zero attached hydrogens (tertiary/aromatic N) is 2. The molecule has 0 aliphatic carbocycles. The number of sulfonamides is 1. The van der Waals surface area contributed by atoms with Gasteiger partial charge in [-0.1, -0.05) is 65.5 Å². The van der Waals surface area contributed by atoms with Crippen LogP contribution in [0.1, 0.15) is 31.4 Å². The molecule has 220 valence electrons. The number of nitrogens with one attached hydrogen (secondary N) is 1. The Morgan fingerprint density at radius 2 is 1.61 bits per heavy atom. The van der Waals surface area contributed by atoms with Crippen LogP contribution < -0.4 is 14.4 Å². The lowest BCUT2D eigenvalue weighted by Gasteiger charge is -2.33. The van der Waals surface area contributed by atoms with Crippen molar-refractivity contribution in [1.82, 2.24) is 10.2 Å². The van der Waals surface area contributed by atoms with Crippen LogP contribution in [0, 0.1) is 6.92 Å². The third-order valence-corrected chi connectivity index (χ3v) is 9.14. The molecule has 3 rings (SSSR count). The molecule has 12 heteroatoms. The molecular weight excluding hydrogens is 609 g/mol. The Kier molecular flexibility index (Phi) is 11.3. The van der Waals surface area contributed by atoms with Gasteiger partial charge in [0.15, 0.2) is 0 Å². The summed E-state index contributed by atoms with van der Waals surface area (Å²) in [7, 11) is -2.92. The molecule has 2 amide bonds. The van der Waals surface area contributed by atoms with Crippen molar-refractivity contribution in [3.63, 3.8) is 0 Å². The van der Waals surface area contributed by atoms with E-state index in [1.54, 1.807) is 50.2 Å². The van der Waals surface area contributed by atoms with Crippen LogP contribution in [0.2, 0.25) is 15.1 Å². The molecule has 0 aliphatic rings. The normalized spacial score (nSPS) is 12.0. The monoisotopic (exact) mass is 639 g/mol. The average molecular weight is 641 g/mol. The zero-order valence-corrected chi connectivity index (χ0v) is 26.2. The number of hydrogen-bond donors (Lipinski definition) is 1. The van der Waals surface area contributed by atoms with Crippen LogP contribution in [0.4, 0.5) is 5.69 Å². The number of halogens is 3. The maximum atomic E-state index is 14.2. The fourth-order valence-electron chi connectivity index (χ4n) is 4.27. The van der Waals surface area contributed by atoms with Crippen LogP contribution in [-0.2, 0) is 26.2 Å². The van der Waals surface area contributed by atoms with Crippen molar-refractivity contribution < 1.29 is 22.7 Å². The van der Waals surface area contributed by atoms with Gasteiger partial charge in [-0.2, -0.15) is 0 Å². The number of methoxy groups -OCH3 is 1. The standard InChI is InChI=1S/C29H32Cl3N3O5S/c1-5-25(29(37)33-6-2)34(17-22-23(31)8-7-9-24(22)32)28(36)18-35(26-16-20(30)12-15-27(26)40-4)41(38,39)21-13-10-19(3)11-14-21/h7-16,25H,5-6,17-18H2,1-4H3,(H,33,37)/t25-/m1/s1. The Hall–Kier alpha value is -2.98. The van der Waals surface area contributed by atoms with Gasteiger partial charge >= 0.3 is 0 Å². The Labute approximate surface area is 256 Å². The van der Waals surface area contributed by atoms with Gasteiger partial charge in [-0.25, -0.2) is 8.42 Å².